The number of carbonyl (C=O) groups is 1. The molecule has 1 aromatic heterocycles. The van der Waals surface area contributed by atoms with Crippen LogP contribution in [0, 0.1) is 6.92 Å². The molecule has 2 rings (SSSR count). The largest absolute Gasteiger partial charge is 0.462 e. The molecule has 0 amide bonds. The number of hydrogen-bond acceptors (Lipinski definition) is 5. The highest BCUT2D eigenvalue weighted by atomic mass is 16.5. The van der Waals surface area contributed by atoms with Crippen molar-refractivity contribution in [2.24, 2.45) is 0 Å². The van der Waals surface area contributed by atoms with Crippen LogP contribution in [-0.4, -0.2) is 40.6 Å². The number of nitrogens with one attached hydrogen (secondary N) is 1. The lowest BCUT2D eigenvalue weighted by Gasteiger charge is -2.10. The molecule has 0 saturated carbocycles. The van der Waals surface area contributed by atoms with Gasteiger partial charge in [0.2, 0.25) is 0 Å². The summed E-state index contributed by atoms with van der Waals surface area (Å²) in [5.41, 5.74) is 3.19. The van der Waals surface area contributed by atoms with E-state index in [1.807, 2.05) is 31.2 Å². The van der Waals surface area contributed by atoms with Crippen LogP contribution in [0.4, 0.5) is 0 Å². The number of aryl methyl sites for hydroxylation is 1. The second-order valence-corrected chi connectivity index (χ2v) is 4.87. The zero-order valence-electron chi connectivity index (χ0n) is 12.9. The van der Waals surface area contributed by atoms with Crippen molar-refractivity contribution in [2.75, 3.05) is 19.8 Å². The maximum absolute atomic E-state index is 12.0. The highest BCUT2D eigenvalue weighted by Crippen LogP contribution is 2.17. The molecule has 0 radical (unpaired) electrons. The first kappa shape index (κ1) is 16.2. The average Bonchev–Trinajstić information content (AvgIpc) is 2.92. The number of aromatic nitrogens is 2. The van der Waals surface area contributed by atoms with E-state index in [1.165, 1.54) is 6.20 Å². The fourth-order valence-corrected chi connectivity index (χ4v) is 2.12. The number of benzene rings is 1. The van der Waals surface area contributed by atoms with Crippen molar-refractivity contribution in [3.63, 3.8) is 0 Å². The minimum absolute atomic E-state index is 0.0351. The van der Waals surface area contributed by atoms with Crippen LogP contribution >= 0.6 is 0 Å². The van der Waals surface area contributed by atoms with Gasteiger partial charge < -0.3 is 15.2 Å². The van der Waals surface area contributed by atoms with E-state index in [2.05, 4.69) is 10.4 Å². The van der Waals surface area contributed by atoms with Gasteiger partial charge in [0.25, 0.3) is 0 Å². The molecule has 0 fully saturated rings. The van der Waals surface area contributed by atoms with Crippen LogP contribution in [0.15, 0.2) is 30.5 Å². The fraction of sp³-hybridized carbons (Fsp3) is 0.375. The van der Waals surface area contributed by atoms with E-state index in [-0.39, 0.29) is 12.6 Å². The van der Waals surface area contributed by atoms with Gasteiger partial charge in [-0.1, -0.05) is 17.7 Å². The maximum atomic E-state index is 12.0. The Morgan fingerprint density at radius 3 is 2.73 bits per heavy atom. The molecule has 0 aliphatic rings. The van der Waals surface area contributed by atoms with Crippen molar-refractivity contribution in [3.8, 4) is 5.69 Å². The Hall–Kier alpha value is -2.18. The number of hydrogen-bond donors (Lipinski definition) is 2. The summed E-state index contributed by atoms with van der Waals surface area (Å²) in [6, 6.07) is 7.89. The van der Waals surface area contributed by atoms with Gasteiger partial charge >= 0.3 is 5.97 Å². The van der Waals surface area contributed by atoms with Crippen molar-refractivity contribution in [2.45, 2.75) is 20.4 Å². The Morgan fingerprint density at radius 1 is 1.36 bits per heavy atom. The zero-order valence-corrected chi connectivity index (χ0v) is 12.9. The second-order valence-electron chi connectivity index (χ2n) is 4.87. The van der Waals surface area contributed by atoms with E-state index < -0.39 is 0 Å². The predicted octanol–water partition coefficient (Wildman–Crippen LogP) is 1.44. The van der Waals surface area contributed by atoms with Crippen molar-refractivity contribution in [1.82, 2.24) is 15.1 Å². The molecular formula is C16H21N3O3. The highest BCUT2D eigenvalue weighted by molar-refractivity contribution is 5.90. The van der Waals surface area contributed by atoms with E-state index >= 15 is 0 Å². The molecule has 6 nitrogen and oxygen atoms in total. The van der Waals surface area contributed by atoms with Crippen LogP contribution in [0.3, 0.4) is 0 Å². The standard InChI is InChI=1S/C16H21N3O3/c1-3-22-16(21)14-10-18-19(15(14)11-17-8-9-20)13-6-4-12(2)5-7-13/h4-7,10,17,20H,3,8-9,11H2,1-2H3. The Bertz CT molecular complexity index is 620. The maximum Gasteiger partial charge on any atom is 0.341 e. The lowest BCUT2D eigenvalue weighted by atomic mass is 10.2. The zero-order chi connectivity index (χ0) is 15.9. The van der Waals surface area contributed by atoms with Crippen LogP contribution in [0.1, 0.15) is 28.5 Å². The van der Waals surface area contributed by atoms with Crippen LogP contribution in [0.2, 0.25) is 0 Å². The number of esters is 1. The van der Waals surface area contributed by atoms with E-state index in [0.29, 0.717) is 25.3 Å². The molecule has 0 bridgehead atoms. The Morgan fingerprint density at radius 2 is 2.09 bits per heavy atom. The smallest absolute Gasteiger partial charge is 0.341 e. The van der Waals surface area contributed by atoms with Crippen molar-refractivity contribution >= 4 is 5.97 Å². The molecular weight excluding hydrogens is 282 g/mol. The molecule has 0 spiro atoms. The first-order valence-corrected chi connectivity index (χ1v) is 7.30. The number of ether oxygens (including phenoxy) is 1. The molecule has 1 heterocycles. The van der Waals surface area contributed by atoms with Crippen LogP contribution in [-0.2, 0) is 11.3 Å². The van der Waals surface area contributed by atoms with Gasteiger partial charge in [-0.2, -0.15) is 5.10 Å². The molecule has 0 aliphatic heterocycles. The van der Waals surface area contributed by atoms with E-state index in [4.69, 9.17) is 9.84 Å². The molecule has 0 saturated heterocycles. The second kappa shape index (κ2) is 7.72. The monoisotopic (exact) mass is 303 g/mol. The third-order valence-electron chi connectivity index (χ3n) is 3.22. The normalized spacial score (nSPS) is 10.7. The summed E-state index contributed by atoms with van der Waals surface area (Å²) in [7, 11) is 0. The van der Waals surface area contributed by atoms with Crippen molar-refractivity contribution < 1.29 is 14.6 Å². The SMILES string of the molecule is CCOC(=O)c1cnn(-c2ccc(C)cc2)c1CNCCO. The summed E-state index contributed by atoms with van der Waals surface area (Å²) in [4.78, 5) is 12.0. The number of nitrogens with zero attached hydrogens (tertiary/aromatic N) is 2. The third kappa shape index (κ3) is 3.72. The summed E-state index contributed by atoms with van der Waals surface area (Å²) < 4.78 is 6.79. The molecule has 0 atom stereocenters. The van der Waals surface area contributed by atoms with Gasteiger partial charge in [-0.15, -0.1) is 0 Å². The van der Waals surface area contributed by atoms with E-state index in [9.17, 15) is 4.79 Å². The predicted molar refractivity (Wildman–Crippen MR) is 83.1 cm³/mol. The van der Waals surface area contributed by atoms with Gasteiger partial charge in [-0.3, -0.25) is 0 Å². The fourth-order valence-electron chi connectivity index (χ4n) is 2.12. The molecule has 2 N–H and O–H groups in total. The Kier molecular flexibility index (Phi) is 5.68. The summed E-state index contributed by atoms with van der Waals surface area (Å²) in [6.45, 7) is 5.00. The number of aliphatic hydroxyl groups excluding tert-OH is 1. The topological polar surface area (TPSA) is 76.4 Å². The first-order chi connectivity index (χ1) is 10.7. The highest BCUT2D eigenvalue weighted by Gasteiger charge is 2.19. The quantitative estimate of drug-likeness (QED) is 0.598. The lowest BCUT2D eigenvalue weighted by Crippen LogP contribution is -2.21. The van der Waals surface area contributed by atoms with Crippen LogP contribution in [0.25, 0.3) is 5.69 Å². The third-order valence-corrected chi connectivity index (χ3v) is 3.22. The summed E-state index contributed by atoms with van der Waals surface area (Å²) >= 11 is 0. The number of carbonyl (C=O) groups excluding carboxylic acids is 1. The van der Waals surface area contributed by atoms with Crippen LogP contribution < -0.4 is 5.32 Å². The molecule has 0 aliphatic carbocycles. The Labute approximate surface area is 129 Å². The van der Waals surface area contributed by atoms with Gasteiger partial charge in [0, 0.05) is 13.1 Å². The minimum atomic E-state index is -0.387. The number of aliphatic hydroxyl groups is 1. The number of rotatable bonds is 7. The van der Waals surface area contributed by atoms with Gasteiger partial charge in [-0.25, -0.2) is 9.48 Å². The average molecular weight is 303 g/mol. The summed E-state index contributed by atoms with van der Waals surface area (Å²) in [5, 5.41) is 16.3. The van der Waals surface area contributed by atoms with Gasteiger partial charge in [-0.05, 0) is 26.0 Å². The lowest BCUT2D eigenvalue weighted by molar-refractivity contribution is 0.0525. The summed E-state index contributed by atoms with van der Waals surface area (Å²) in [6.07, 6.45) is 1.52. The Balaban J connectivity index is 2.35. The first-order valence-electron chi connectivity index (χ1n) is 7.30. The van der Waals surface area contributed by atoms with Gasteiger partial charge in [0.15, 0.2) is 0 Å². The molecule has 2 aromatic rings. The molecule has 6 heteroatoms. The molecule has 22 heavy (non-hydrogen) atoms. The van der Waals surface area contributed by atoms with Crippen molar-refractivity contribution in [3.05, 3.63) is 47.3 Å². The van der Waals surface area contributed by atoms with Gasteiger partial charge in [0.05, 0.1) is 30.8 Å². The molecule has 0 unspecified atom stereocenters. The van der Waals surface area contributed by atoms with Crippen molar-refractivity contribution in [1.29, 1.82) is 0 Å². The van der Waals surface area contributed by atoms with Crippen LogP contribution in [0.5, 0.6) is 0 Å². The minimum Gasteiger partial charge on any atom is -0.462 e. The van der Waals surface area contributed by atoms with E-state index in [1.54, 1.807) is 11.6 Å². The van der Waals surface area contributed by atoms with E-state index in [0.717, 1.165) is 16.9 Å². The molecule has 1 aromatic carbocycles. The van der Waals surface area contributed by atoms with Gasteiger partial charge in [0.1, 0.15) is 5.56 Å². The summed E-state index contributed by atoms with van der Waals surface area (Å²) in [5.74, 6) is -0.387. The molecule has 118 valence electrons.